The van der Waals surface area contributed by atoms with Gasteiger partial charge in [0.1, 0.15) is 0 Å². The zero-order valence-corrected chi connectivity index (χ0v) is 7.25. The van der Waals surface area contributed by atoms with Crippen molar-refractivity contribution >= 4 is 11.9 Å². The molecule has 0 aromatic carbocycles. The number of carbonyl (C=O) groups is 2. The second-order valence-electron chi connectivity index (χ2n) is 2.34. The highest BCUT2D eigenvalue weighted by Crippen LogP contribution is 1.97. The van der Waals surface area contributed by atoms with Crippen LogP contribution in [0.1, 0.15) is 20.8 Å². The molecular weight excluding hydrogens is 146 g/mol. The number of nitrogens with zero attached hydrogens (tertiary/aromatic N) is 1. The van der Waals surface area contributed by atoms with Crippen molar-refractivity contribution < 1.29 is 14.3 Å². The van der Waals surface area contributed by atoms with Crippen LogP contribution in [0.25, 0.3) is 0 Å². The summed E-state index contributed by atoms with van der Waals surface area (Å²) in [6.07, 6.45) is -0.481. The Bertz CT molecular complexity index is 167. The Morgan fingerprint density at radius 3 is 2.09 bits per heavy atom. The molecule has 0 aliphatic heterocycles. The van der Waals surface area contributed by atoms with E-state index >= 15 is 0 Å². The Kier molecular flexibility index (Phi) is 3.57. The van der Waals surface area contributed by atoms with Gasteiger partial charge in [-0.3, -0.25) is 9.59 Å². The standard InChI is InChI=1S/C7H13NO3/c1-5(9)8(4)6(2)11-7(3)10/h6H,1-4H3. The summed E-state index contributed by atoms with van der Waals surface area (Å²) in [5, 5.41) is 0. The van der Waals surface area contributed by atoms with Crippen LogP contribution in [0.3, 0.4) is 0 Å². The van der Waals surface area contributed by atoms with Crippen LogP contribution in [-0.4, -0.2) is 30.1 Å². The number of rotatable bonds is 2. The van der Waals surface area contributed by atoms with Gasteiger partial charge in [0, 0.05) is 20.9 Å². The molecular formula is C7H13NO3. The Labute approximate surface area is 66.1 Å². The van der Waals surface area contributed by atoms with Gasteiger partial charge in [-0.2, -0.15) is 0 Å². The summed E-state index contributed by atoms with van der Waals surface area (Å²) >= 11 is 0. The summed E-state index contributed by atoms with van der Waals surface area (Å²) in [5.41, 5.74) is 0. The lowest BCUT2D eigenvalue weighted by atomic mass is 10.5. The van der Waals surface area contributed by atoms with Crippen molar-refractivity contribution in [1.82, 2.24) is 4.90 Å². The molecule has 1 atom stereocenters. The van der Waals surface area contributed by atoms with E-state index in [-0.39, 0.29) is 11.9 Å². The van der Waals surface area contributed by atoms with Crippen molar-refractivity contribution in [2.45, 2.75) is 27.0 Å². The second-order valence-corrected chi connectivity index (χ2v) is 2.34. The molecule has 64 valence electrons. The lowest BCUT2D eigenvalue weighted by molar-refractivity contribution is -0.158. The normalized spacial score (nSPS) is 12.0. The summed E-state index contributed by atoms with van der Waals surface area (Å²) in [6.45, 7) is 4.37. The van der Waals surface area contributed by atoms with Crippen molar-refractivity contribution in [2.75, 3.05) is 7.05 Å². The first-order valence-corrected chi connectivity index (χ1v) is 3.35. The number of ether oxygens (including phenoxy) is 1. The monoisotopic (exact) mass is 159 g/mol. The lowest BCUT2D eigenvalue weighted by Crippen LogP contribution is -2.36. The van der Waals surface area contributed by atoms with Gasteiger partial charge in [-0.25, -0.2) is 0 Å². The van der Waals surface area contributed by atoms with Crippen LogP contribution in [0, 0.1) is 0 Å². The van der Waals surface area contributed by atoms with Crippen LogP contribution in [0.4, 0.5) is 0 Å². The zero-order valence-electron chi connectivity index (χ0n) is 7.25. The van der Waals surface area contributed by atoms with E-state index in [2.05, 4.69) is 0 Å². The first-order valence-electron chi connectivity index (χ1n) is 3.35. The zero-order chi connectivity index (χ0) is 9.02. The van der Waals surface area contributed by atoms with Gasteiger partial charge in [-0.05, 0) is 6.92 Å². The van der Waals surface area contributed by atoms with E-state index in [1.54, 1.807) is 14.0 Å². The van der Waals surface area contributed by atoms with Crippen LogP contribution < -0.4 is 0 Å². The molecule has 11 heavy (non-hydrogen) atoms. The first-order chi connectivity index (χ1) is 4.95. The SMILES string of the molecule is CC(=O)OC(C)N(C)C(C)=O. The van der Waals surface area contributed by atoms with Crippen LogP contribution in [0.2, 0.25) is 0 Å². The molecule has 0 rings (SSSR count). The number of carbonyl (C=O) groups excluding carboxylic acids is 2. The summed E-state index contributed by atoms with van der Waals surface area (Å²) < 4.78 is 4.74. The summed E-state index contributed by atoms with van der Waals surface area (Å²) in [4.78, 5) is 22.5. The van der Waals surface area contributed by atoms with Crippen LogP contribution in [0.15, 0.2) is 0 Å². The van der Waals surface area contributed by atoms with E-state index < -0.39 is 6.23 Å². The van der Waals surface area contributed by atoms with E-state index in [1.807, 2.05) is 0 Å². The van der Waals surface area contributed by atoms with E-state index in [9.17, 15) is 9.59 Å². The number of esters is 1. The van der Waals surface area contributed by atoms with Crippen molar-refractivity contribution in [3.8, 4) is 0 Å². The Morgan fingerprint density at radius 1 is 1.36 bits per heavy atom. The molecule has 0 fully saturated rings. The highest BCUT2D eigenvalue weighted by molar-refractivity contribution is 5.73. The third-order valence-corrected chi connectivity index (χ3v) is 1.38. The minimum absolute atomic E-state index is 0.126. The van der Waals surface area contributed by atoms with Gasteiger partial charge < -0.3 is 9.64 Å². The average molecular weight is 159 g/mol. The number of amides is 1. The third-order valence-electron chi connectivity index (χ3n) is 1.38. The summed E-state index contributed by atoms with van der Waals surface area (Å²) in [7, 11) is 1.58. The maximum atomic E-state index is 10.7. The van der Waals surface area contributed by atoms with Gasteiger partial charge in [0.25, 0.3) is 0 Å². The largest absolute Gasteiger partial charge is 0.442 e. The maximum Gasteiger partial charge on any atom is 0.304 e. The highest BCUT2D eigenvalue weighted by atomic mass is 16.6. The molecule has 0 saturated carbocycles. The van der Waals surface area contributed by atoms with Crippen LogP contribution in [0.5, 0.6) is 0 Å². The van der Waals surface area contributed by atoms with Gasteiger partial charge in [-0.1, -0.05) is 0 Å². The van der Waals surface area contributed by atoms with E-state index in [0.29, 0.717) is 0 Å². The summed E-state index contributed by atoms with van der Waals surface area (Å²) in [5.74, 6) is -0.510. The molecule has 0 bridgehead atoms. The summed E-state index contributed by atoms with van der Waals surface area (Å²) in [6, 6.07) is 0. The molecule has 0 saturated heterocycles. The third kappa shape index (κ3) is 3.60. The number of hydrogen-bond donors (Lipinski definition) is 0. The van der Waals surface area contributed by atoms with Crippen molar-refractivity contribution in [1.29, 1.82) is 0 Å². The van der Waals surface area contributed by atoms with Gasteiger partial charge >= 0.3 is 5.97 Å². The van der Waals surface area contributed by atoms with E-state index in [1.165, 1.54) is 18.7 Å². The predicted molar refractivity (Wildman–Crippen MR) is 39.7 cm³/mol. The molecule has 0 spiro atoms. The molecule has 4 heteroatoms. The van der Waals surface area contributed by atoms with Gasteiger partial charge in [-0.15, -0.1) is 0 Å². The van der Waals surface area contributed by atoms with Crippen LogP contribution in [-0.2, 0) is 14.3 Å². The molecule has 1 unspecified atom stereocenters. The lowest BCUT2D eigenvalue weighted by Gasteiger charge is -2.22. The molecule has 1 amide bonds. The molecule has 0 radical (unpaired) electrons. The maximum absolute atomic E-state index is 10.7. The predicted octanol–water partition coefficient (Wildman–Crippen LogP) is 0.374. The number of hydrogen-bond acceptors (Lipinski definition) is 3. The van der Waals surface area contributed by atoms with Gasteiger partial charge in [0.15, 0.2) is 6.23 Å². The fourth-order valence-electron chi connectivity index (χ4n) is 0.575. The fraction of sp³-hybridized carbons (Fsp3) is 0.714. The van der Waals surface area contributed by atoms with E-state index in [4.69, 9.17) is 4.74 Å². The van der Waals surface area contributed by atoms with Crippen molar-refractivity contribution in [3.63, 3.8) is 0 Å². The molecule has 0 aliphatic carbocycles. The molecule has 4 nitrogen and oxygen atoms in total. The Morgan fingerprint density at radius 2 is 1.82 bits per heavy atom. The molecule has 0 aromatic rings. The highest BCUT2D eigenvalue weighted by Gasteiger charge is 2.13. The minimum atomic E-state index is -0.481. The topological polar surface area (TPSA) is 46.6 Å². The Balaban J connectivity index is 3.92. The van der Waals surface area contributed by atoms with Crippen molar-refractivity contribution in [2.24, 2.45) is 0 Å². The smallest absolute Gasteiger partial charge is 0.304 e. The minimum Gasteiger partial charge on any atom is -0.442 e. The molecule has 0 heterocycles. The molecule has 0 N–H and O–H groups in total. The second kappa shape index (κ2) is 3.95. The molecule has 0 aromatic heterocycles. The Hall–Kier alpha value is -1.06. The van der Waals surface area contributed by atoms with Crippen molar-refractivity contribution in [3.05, 3.63) is 0 Å². The van der Waals surface area contributed by atoms with Gasteiger partial charge in [0.2, 0.25) is 5.91 Å². The fourth-order valence-corrected chi connectivity index (χ4v) is 0.575. The molecule has 0 aliphatic rings. The first kappa shape index (κ1) is 9.94. The average Bonchev–Trinajstić information content (AvgIpc) is 1.84. The van der Waals surface area contributed by atoms with Crippen LogP contribution >= 0.6 is 0 Å². The van der Waals surface area contributed by atoms with Gasteiger partial charge in [0.05, 0.1) is 0 Å². The quantitative estimate of drug-likeness (QED) is 0.432. The van der Waals surface area contributed by atoms with E-state index in [0.717, 1.165) is 0 Å².